The number of aryl methyl sites for hydroxylation is 1. The third-order valence-corrected chi connectivity index (χ3v) is 4.12. The molecular formula is C22H26N2O4. The third kappa shape index (κ3) is 6.23. The lowest BCUT2D eigenvalue weighted by Crippen LogP contribution is -2.21. The molecule has 2 aromatic rings. The minimum atomic E-state index is -0.320. The van der Waals surface area contributed by atoms with Gasteiger partial charge in [0.1, 0.15) is 5.75 Å². The highest BCUT2D eigenvalue weighted by molar-refractivity contribution is 5.99. The average molecular weight is 382 g/mol. The predicted octanol–water partition coefficient (Wildman–Crippen LogP) is 4.21. The van der Waals surface area contributed by atoms with Crippen molar-refractivity contribution in [3.8, 4) is 5.75 Å². The van der Waals surface area contributed by atoms with E-state index in [1.165, 1.54) is 12.5 Å². The largest absolute Gasteiger partial charge is 0.483 e. The van der Waals surface area contributed by atoms with Crippen LogP contribution in [0.4, 0.5) is 11.4 Å². The number of anilines is 2. The molecule has 0 fully saturated rings. The molecular weight excluding hydrogens is 356 g/mol. The van der Waals surface area contributed by atoms with Crippen molar-refractivity contribution in [2.75, 3.05) is 17.2 Å². The smallest absolute Gasteiger partial charge is 0.262 e. The highest BCUT2D eigenvalue weighted by Gasteiger charge is 2.13. The molecule has 0 saturated heterocycles. The Labute approximate surface area is 165 Å². The molecule has 0 aliphatic carbocycles. The molecule has 6 nitrogen and oxygen atoms in total. The van der Waals surface area contributed by atoms with E-state index < -0.39 is 0 Å². The molecule has 0 saturated carbocycles. The molecule has 0 aromatic heterocycles. The van der Waals surface area contributed by atoms with Gasteiger partial charge in [0.25, 0.3) is 5.91 Å². The number of Topliss-reactive ketones (excluding diaryl/α,β-unsaturated/α-hetero) is 1. The van der Waals surface area contributed by atoms with Gasteiger partial charge in [-0.2, -0.15) is 0 Å². The molecule has 0 unspecified atom stereocenters. The first-order chi connectivity index (χ1) is 13.4. The number of nitrogens with one attached hydrogen (secondary N) is 2. The van der Waals surface area contributed by atoms with Crippen LogP contribution in [0.15, 0.2) is 42.5 Å². The molecule has 0 aliphatic rings. The summed E-state index contributed by atoms with van der Waals surface area (Å²) in [5.74, 6) is -0.340. The molecule has 2 amide bonds. The van der Waals surface area contributed by atoms with E-state index in [2.05, 4.69) is 17.6 Å². The Morgan fingerprint density at radius 1 is 0.893 bits per heavy atom. The monoisotopic (exact) mass is 382 g/mol. The second-order valence-electron chi connectivity index (χ2n) is 6.45. The van der Waals surface area contributed by atoms with Crippen molar-refractivity contribution >= 4 is 29.0 Å². The van der Waals surface area contributed by atoms with Crippen LogP contribution in [-0.4, -0.2) is 24.2 Å². The Balaban J connectivity index is 2.00. The average Bonchev–Trinajstić information content (AvgIpc) is 2.67. The van der Waals surface area contributed by atoms with Crippen molar-refractivity contribution in [3.63, 3.8) is 0 Å². The van der Waals surface area contributed by atoms with Gasteiger partial charge in [0.15, 0.2) is 12.4 Å². The molecule has 0 atom stereocenters. The topological polar surface area (TPSA) is 84.5 Å². The van der Waals surface area contributed by atoms with Crippen molar-refractivity contribution in [3.05, 3.63) is 53.6 Å². The maximum Gasteiger partial charge on any atom is 0.262 e. The first-order valence-electron chi connectivity index (χ1n) is 9.39. The van der Waals surface area contributed by atoms with E-state index in [0.29, 0.717) is 29.1 Å². The molecule has 0 radical (unpaired) electrons. The summed E-state index contributed by atoms with van der Waals surface area (Å²) in [7, 11) is 0. The van der Waals surface area contributed by atoms with Crippen molar-refractivity contribution in [2.24, 2.45) is 0 Å². The second-order valence-corrected chi connectivity index (χ2v) is 6.45. The van der Waals surface area contributed by atoms with Gasteiger partial charge in [0, 0.05) is 17.8 Å². The zero-order valence-corrected chi connectivity index (χ0v) is 16.5. The fourth-order valence-electron chi connectivity index (χ4n) is 2.62. The summed E-state index contributed by atoms with van der Waals surface area (Å²) in [5.41, 5.74) is 2.71. The molecule has 0 heterocycles. The number of carbonyl (C=O) groups excluding carboxylic acids is 3. The van der Waals surface area contributed by atoms with E-state index >= 15 is 0 Å². The van der Waals surface area contributed by atoms with E-state index in [1.807, 2.05) is 31.2 Å². The van der Waals surface area contributed by atoms with Gasteiger partial charge in [0.2, 0.25) is 5.91 Å². The molecule has 0 bridgehead atoms. The molecule has 2 N–H and O–H groups in total. The Kier molecular flexibility index (Phi) is 7.75. The molecule has 148 valence electrons. The van der Waals surface area contributed by atoms with Crippen LogP contribution in [0.3, 0.4) is 0 Å². The van der Waals surface area contributed by atoms with Crippen LogP contribution in [0.2, 0.25) is 0 Å². The van der Waals surface area contributed by atoms with Gasteiger partial charge in [-0.15, -0.1) is 0 Å². The van der Waals surface area contributed by atoms with E-state index in [4.69, 9.17) is 4.74 Å². The number of hydrogen-bond acceptors (Lipinski definition) is 4. The second kappa shape index (κ2) is 10.3. The van der Waals surface area contributed by atoms with E-state index in [9.17, 15) is 14.4 Å². The summed E-state index contributed by atoms with van der Waals surface area (Å²) in [4.78, 5) is 35.8. The van der Waals surface area contributed by atoms with Gasteiger partial charge >= 0.3 is 0 Å². The van der Waals surface area contributed by atoms with E-state index in [0.717, 1.165) is 12.8 Å². The maximum atomic E-state index is 12.1. The molecule has 0 spiro atoms. The first kappa shape index (κ1) is 21.2. The normalized spacial score (nSPS) is 10.2. The van der Waals surface area contributed by atoms with Crippen molar-refractivity contribution in [1.29, 1.82) is 0 Å². The summed E-state index contributed by atoms with van der Waals surface area (Å²) in [6, 6.07) is 12.4. The fourth-order valence-corrected chi connectivity index (χ4v) is 2.62. The van der Waals surface area contributed by atoms with Crippen LogP contribution < -0.4 is 15.4 Å². The molecule has 2 aromatic carbocycles. The van der Waals surface area contributed by atoms with Gasteiger partial charge in [-0.05, 0) is 55.7 Å². The molecule has 2 rings (SSSR count). The summed E-state index contributed by atoms with van der Waals surface area (Å²) in [5, 5.41) is 5.50. The van der Waals surface area contributed by atoms with Gasteiger partial charge in [-0.3, -0.25) is 14.4 Å². The number of benzene rings is 2. The van der Waals surface area contributed by atoms with Crippen LogP contribution in [0.1, 0.15) is 49.5 Å². The summed E-state index contributed by atoms with van der Waals surface area (Å²) >= 11 is 0. The Bertz CT molecular complexity index is 844. The van der Waals surface area contributed by atoms with Crippen LogP contribution in [-0.2, 0) is 16.0 Å². The number of amides is 2. The lowest BCUT2D eigenvalue weighted by Gasteiger charge is -2.12. The summed E-state index contributed by atoms with van der Waals surface area (Å²) in [6.45, 7) is 5.17. The van der Waals surface area contributed by atoms with Gasteiger partial charge < -0.3 is 15.4 Å². The predicted molar refractivity (Wildman–Crippen MR) is 110 cm³/mol. The quantitative estimate of drug-likeness (QED) is 0.636. The summed E-state index contributed by atoms with van der Waals surface area (Å²) in [6.07, 6.45) is 2.08. The lowest BCUT2D eigenvalue weighted by molar-refractivity contribution is -0.118. The minimum Gasteiger partial charge on any atom is -0.483 e. The lowest BCUT2D eigenvalue weighted by atomic mass is 10.1. The van der Waals surface area contributed by atoms with Crippen molar-refractivity contribution in [2.45, 2.75) is 40.0 Å². The highest BCUT2D eigenvalue weighted by Crippen LogP contribution is 2.24. The molecule has 28 heavy (non-hydrogen) atoms. The zero-order valence-electron chi connectivity index (χ0n) is 16.5. The third-order valence-electron chi connectivity index (χ3n) is 4.12. The number of rotatable bonds is 9. The summed E-state index contributed by atoms with van der Waals surface area (Å²) < 4.78 is 5.54. The number of hydrogen-bond donors (Lipinski definition) is 2. The highest BCUT2D eigenvalue weighted by atomic mass is 16.5. The van der Waals surface area contributed by atoms with Crippen LogP contribution in [0.5, 0.6) is 5.75 Å². The Morgan fingerprint density at radius 3 is 2.14 bits per heavy atom. The van der Waals surface area contributed by atoms with Crippen LogP contribution in [0, 0.1) is 0 Å². The van der Waals surface area contributed by atoms with E-state index in [-0.39, 0.29) is 24.2 Å². The van der Waals surface area contributed by atoms with Gasteiger partial charge in [-0.25, -0.2) is 0 Å². The number of ketones is 1. The van der Waals surface area contributed by atoms with Crippen LogP contribution >= 0.6 is 0 Å². The Morgan fingerprint density at radius 2 is 1.54 bits per heavy atom. The van der Waals surface area contributed by atoms with Gasteiger partial charge in [-0.1, -0.05) is 26.0 Å². The number of ether oxygens (including phenoxy) is 1. The molecule has 0 aliphatic heterocycles. The zero-order chi connectivity index (χ0) is 20.5. The van der Waals surface area contributed by atoms with Crippen molar-refractivity contribution in [1.82, 2.24) is 0 Å². The van der Waals surface area contributed by atoms with Crippen LogP contribution in [0.25, 0.3) is 0 Å². The first-order valence-corrected chi connectivity index (χ1v) is 9.39. The molecule has 6 heteroatoms. The SMILES string of the molecule is CCCC(=O)Nc1ccc(OCC(=O)Nc2ccc(CC)cc2)c(C(C)=O)c1. The van der Waals surface area contributed by atoms with Crippen molar-refractivity contribution < 1.29 is 19.1 Å². The minimum absolute atomic E-state index is 0.112. The maximum absolute atomic E-state index is 12.1. The van der Waals surface area contributed by atoms with E-state index in [1.54, 1.807) is 18.2 Å². The standard InChI is InChI=1S/C22H26N2O4/c1-4-6-21(26)24-18-11-12-20(19(13-18)15(3)25)28-14-22(27)23-17-9-7-16(5-2)8-10-17/h7-13H,4-6,14H2,1-3H3,(H,23,27)(H,24,26). The number of carbonyl (C=O) groups is 3. The fraction of sp³-hybridized carbons (Fsp3) is 0.318. The Hall–Kier alpha value is -3.15. The van der Waals surface area contributed by atoms with Gasteiger partial charge in [0.05, 0.1) is 5.56 Å².